The Morgan fingerprint density at radius 3 is 2.72 bits per heavy atom. The number of fused-ring (bicyclic) bond motifs is 1. The summed E-state index contributed by atoms with van der Waals surface area (Å²) in [6, 6.07) is 12.1. The minimum Gasteiger partial charge on any atom is -0.356 e. The molecule has 0 saturated carbocycles. The number of hydrogen-bond donors (Lipinski definition) is 1. The van der Waals surface area contributed by atoms with Crippen molar-refractivity contribution in [3.05, 3.63) is 65.6 Å². The summed E-state index contributed by atoms with van der Waals surface area (Å²) in [5.41, 5.74) is 9.32. The van der Waals surface area contributed by atoms with Crippen LogP contribution in [0.25, 0.3) is 10.8 Å². The number of pyridine rings is 2. The van der Waals surface area contributed by atoms with E-state index in [2.05, 4.69) is 30.9 Å². The summed E-state index contributed by atoms with van der Waals surface area (Å²) in [6.45, 7) is 3.70. The quantitative estimate of drug-likeness (QED) is 0.632. The molecule has 1 atom stereocenters. The second-order valence-corrected chi connectivity index (χ2v) is 8.49. The van der Waals surface area contributed by atoms with E-state index in [1.807, 2.05) is 43.6 Å². The average molecular weight is 427 g/mol. The summed E-state index contributed by atoms with van der Waals surface area (Å²) in [4.78, 5) is 33.0. The standard InChI is InChI=1S/C25H26N6O/c1-16-28-15-23(30-16)17-2-3-19-14-29-22(11-20(19)10-17)13-24(32)18-4-7-27-25(12-18)31-8-5-21(26)6-9-31/h2-4,7,10-12,14-16,21H,5-6,8-9,13,26H2,1H3. The number of carbonyl (C=O) groups excluding carboxylic acids is 1. The van der Waals surface area contributed by atoms with Crippen molar-refractivity contribution in [1.29, 1.82) is 0 Å². The molecule has 4 heterocycles. The molecule has 0 amide bonds. The van der Waals surface area contributed by atoms with Crippen molar-refractivity contribution in [3.8, 4) is 0 Å². The zero-order valence-corrected chi connectivity index (χ0v) is 18.1. The highest BCUT2D eigenvalue weighted by molar-refractivity contribution is 6.39. The van der Waals surface area contributed by atoms with Crippen molar-refractivity contribution in [2.75, 3.05) is 18.0 Å². The van der Waals surface area contributed by atoms with E-state index in [1.165, 1.54) is 0 Å². The molecular formula is C25H26N6O. The van der Waals surface area contributed by atoms with Crippen LogP contribution in [-0.4, -0.2) is 53.0 Å². The maximum atomic E-state index is 13.0. The highest BCUT2D eigenvalue weighted by Gasteiger charge is 2.19. The number of nitrogens with two attached hydrogens (primary N) is 1. The number of hydrogen-bond acceptors (Lipinski definition) is 7. The van der Waals surface area contributed by atoms with Gasteiger partial charge in [-0.25, -0.2) is 4.98 Å². The van der Waals surface area contributed by atoms with E-state index in [0.717, 1.165) is 59.5 Å². The lowest BCUT2D eigenvalue weighted by Gasteiger charge is -2.31. The van der Waals surface area contributed by atoms with Crippen molar-refractivity contribution in [3.63, 3.8) is 0 Å². The maximum absolute atomic E-state index is 13.0. The van der Waals surface area contributed by atoms with E-state index in [9.17, 15) is 4.79 Å². The lowest BCUT2D eigenvalue weighted by atomic mass is 10.0. The summed E-state index contributed by atoms with van der Waals surface area (Å²) in [5.74, 6) is 0.874. The van der Waals surface area contributed by atoms with Crippen LogP contribution in [0, 0.1) is 0 Å². The Balaban J connectivity index is 1.35. The topological polar surface area (TPSA) is 96.8 Å². The van der Waals surface area contributed by atoms with E-state index in [0.29, 0.717) is 5.56 Å². The van der Waals surface area contributed by atoms with Gasteiger partial charge >= 0.3 is 0 Å². The number of ketones is 1. The molecule has 2 aliphatic rings. The second kappa shape index (κ2) is 8.59. The van der Waals surface area contributed by atoms with E-state index in [1.54, 1.807) is 12.3 Å². The summed E-state index contributed by atoms with van der Waals surface area (Å²) in [6.07, 6.45) is 7.45. The first-order valence-electron chi connectivity index (χ1n) is 11.0. The van der Waals surface area contributed by atoms with Gasteiger partial charge in [0.25, 0.3) is 0 Å². The number of anilines is 1. The zero-order valence-electron chi connectivity index (χ0n) is 18.1. The van der Waals surface area contributed by atoms with Crippen LogP contribution in [0.15, 0.2) is 58.8 Å². The van der Waals surface area contributed by atoms with Gasteiger partial charge in [0.15, 0.2) is 5.78 Å². The fraction of sp³-hybridized carbons (Fsp3) is 0.320. The third-order valence-electron chi connectivity index (χ3n) is 6.09. The molecule has 1 unspecified atom stereocenters. The average Bonchev–Trinajstić information content (AvgIpc) is 3.25. The number of Topliss-reactive ketones (excluding diaryl/α,β-unsaturated/α-hetero) is 1. The Morgan fingerprint density at radius 1 is 1.09 bits per heavy atom. The number of rotatable bonds is 5. The third kappa shape index (κ3) is 4.29. The smallest absolute Gasteiger partial charge is 0.169 e. The monoisotopic (exact) mass is 426 g/mol. The van der Waals surface area contributed by atoms with Crippen LogP contribution in [-0.2, 0) is 6.42 Å². The summed E-state index contributed by atoms with van der Waals surface area (Å²) in [7, 11) is 0. The molecule has 2 N–H and O–H groups in total. The predicted molar refractivity (Wildman–Crippen MR) is 128 cm³/mol. The summed E-state index contributed by atoms with van der Waals surface area (Å²) >= 11 is 0. The Hall–Kier alpha value is -3.45. The van der Waals surface area contributed by atoms with Crippen LogP contribution in [0.5, 0.6) is 0 Å². The number of piperidine rings is 1. The molecule has 2 aliphatic heterocycles. The predicted octanol–water partition coefficient (Wildman–Crippen LogP) is 3.20. The van der Waals surface area contributed by atoms with Gasteiger partial charge in [-0.1, -0.05) is 12.1 Å². The maximum Gasteiger partial charge on any atom is 0.169 e. The van der Waals surface area contributed by atoms with Crippen molar-refractivity contribution < 1.29 is 4.79 Å². The molecule has 7 heteroatoms. The minimum absolute atomic E-state index is 0.0294. The van der Waals surface area contributed by atoms with Gasteiger partial charge in [0.1, 0.15) is 12.0 Å². The number of carbonyl (C=O) groups is 1. The Morgan fingerprint density at radius 2 is 1.94 bits per heavy atom. The second-order valence-electron chi connectivity index (χ2n) is 8.49. The molecule has 7 nitrogen and oxygen atoms in total. The van der Waals surface area contributed by atoms with Crippen LogP contribution in [0.3, 0.4) is 0 Å². The van der Waals surface area contributed by atoms with Gasteiger partial charge < -0.3 is 10.6 Å². The largest absolute Gasteiger partial charge is 0.356 e. The number of aromatic nitrogens is 2. The molecule has 2 aromatic heterocycles. The molecule has 0 bridgehead atoms. The van der Waals surface area contributed by atoms with E-state index in [4.69, 9.17) is 5.73 Å². The molecule has 0 radical (unpaired) electrons. The number of aliphatic imine (C=N–C) groups is 2. The van der Waals surface area contributed by atoms with Crippen LogP contribution in [0.4, 0.5) is 5.82 Å². The Kier molecular flexibility index (Phi) is 5.49. The molecule has 5 rings (SSSR count). The van der Waals surface area contributed by atoms with Gasteiger partial charge in [0.2, 0.25) is 0 Å². The van der Waals surface area contributed by atoms with Crippen molar-refractivity contribution in [2.45, 2.75) is 38.4 Å². The molecule has 32 heavy (non-hydrogen) atoms. The highest BCUT2D eigenvalue weighted by Crippen LogP contribution is 2.21. The minimum atomic E-state index is -0.0294. The van der Waals surface area contributed by atoms with Crippen molar-refractivity contribution in [1.82, 2.24) is 9.97 Å². The van der Waals surface area contributed by atoms with E-state index in [-0.39, 0.29) is 24.4 Å². The first-order chi connectivity index (χ1) is 15.5. The zero-order chi connectivity index (χ0) is 22.1. The fourth-order valence-corrected chi connectivity index (χ4v) is 4.20. The molecule has 0 spiro atoms. The lowest BCUT2D eigenvalue weighted by Crippen LogP contribution is -2.40. The van der Waals surface area contributed by atoms with E-state index >= 15 is 0 Å². The lowest BCUT2D eigenvalue weighted by molar-refractivity contribution is 0.0992. The van der Waals surface area contributed by atoms with E-state index < -0.39 is 0 Å². The van der Waals surface area contributed by atoms with Crippen LogP contribution >= 0.6 is 0 Å². The first-order valence-corrected chi connectivity index (χ1v) is 11.0. The molecular weight excluding hydrogens is 400 g/mol. The third-order valence-corrected chi connectivity index (χ3v) is 6.09. The molecule has 1 fully saturated rings. The summed E-state index contributed by atoms with van der Waals surface area (Å²) in [5, 5.41) is 2.07. The van der Waals surface area contributed by atoms with Crippen LogP contribution < -0.4 is 10.6 Å². The van der Waals surface area contributed by atoms with Crippen LogP contribution in [0.1, 0.15) is 41.4 Å². The molecule has 162 valence electrons. The Bertz CT molecular complexity index is 1230. The Labute approximate surface area is 187 Å². The van der Waals surface area contributed by atoms with Crippen molar-refractivity contribution in [2.24, 2.45) is 15.7 Å². The molecule has 1 saturated heterocycles. The normalized spacial score (nSPS) is 18.9. The van der Waals surface area contributed by atoms with Crippen LogP contribution in [0.2, 0.25) is 0 Å². The van der Waals surface area contributed by atoms with Gasteiger partial charge in [0, 0.05) is 59.9 Å². The van der Waals surface area contributed by atoms with Gasteiger partial charge in [-0.05, 0) is 49.4 Å². The van der Waals surface area contributed by atoms with Gasteiger partial charge in [0.05, 0.1) is 12.1 Å². The van der Waals surface area contributed by atoms with Gasteiger partial charge in [-0.2, -0.15) is 0 Å². The van der Waals surface area contributed by atoms with Gasteiger partial charge in [-0.15, -0.1) is 0 Å². The molecule has 0 aliphatic carbocycles. The number of benzene rings is 1. The van der Waals surface area contributed by atoms with Gasteiger partial charge in [-0.3, -0.25) is 19.8 Å². The fourth-order valence-electron chi connectivity index (χ4n) is 4.20. The number of nitrogens with zero attached hydrogens (tertiary/aromatic N) is 5. The van der Waals surface area contributed by atoms with Crippen molar-refractivity contribution >= 4 is 34.3 Å². The summed E-state index contributed by atoms with van der Waals surface area (Å²) < 4.78 is 0. The molecule has 3 aromatic rings. The first kappa shape index (κ1) is 20.5. The molecule has 1 aromatic carbocycles. The SMILES string of the molecule is CC1N=CC(c2ccc3cnc(CC(=O)c4ccnc(N5CCC(N)CC5)c4)cc3c2)=N1. The highest BCUT2D eigenvalue weighted by atomic mass is 16.1.